The van der Waals surface area contributed by atoms with E-state index in [0.29, 0.717) is 30.3 Å². The monoisotopic (exact) mass is 316 g/mol. The highest BCUT2D eigenvalue weighted by Gasteiger charge is 2.14. The molecule has 4 nitrogen and oxygen atoms in total. The summed E-state index contributed by atoms with van der Waals surface area (Å²) in [6, 6.07) is 11.0. The van der Waals surface area contributed by atoms with E-state index in [1.807, 2.05) is 24.3 Å². The van der Waals surface area contributed by atoms with E-state index < -0.39 is 0 Å². The molecule has 0 heterocycles. The lowest BCUT2D eigenvalue weighted by molar-refractivity contribution is 0.269. The Labute approximate surface area is 137 Å². The SMILES string of the molecule is CCCOc1cccc(-c2ccc(CO)c(O)c2)c1OCCC. The third-order valence-corrected chi connectivity index (χ3v) is 3.46. The molecule has 2 aromatic carbocycles. The van der Waals surface area contributed by atoms with E-state index in [9.17, 15) is 10.2 Å². The number of ether oxygens (including phenoxy) is 2. The van der Waals surface area contributed by atoms with Gasteiger partial charge in [0.25, 0.3) is 0 Å². The third-order valence-electron chi connectivity index (χ3n) is 3.46. The lowest BCUT2D eigenvalue weighted by Gasteiger charge is -2.16. The van der Waals surface area contributed by atoms with Gasteiger partial charge in [0.05, 0.1) is 19.8 Å². The Morgan fingerprint density at radius 2 is 1.70 bits per heavy atom. The lowest BCUT2D eigenvalue weighted by atomic mass is 10.0. The molecule has 0 saturated carbocycles. The number of hydrogen-bond donors (Lipinski definition) is 2. The topological polar surface area (TPSA) is 58.9 Å². The van der Waals surface area contributed by atoms with E-state index in [2.05, 4.69) is 13.8 Å². The average Bonchev–Trinajstić information content (AvgIpc) is 2.58. The van der Waals surface area contributed by atoms with Gasteiger partial charge in [-0.05, 0) is 30.5 Å². The van der Waals surface area contributed by atoms with Crippen LogP contribution in [0.1, 0.15) is 32.3 Å². The molecule has 2 rings (SSSR count). The predicted octanol–water partition coefficient (Wildman–Crippen LogP) is 4.13. The van der Waals surface area contributed by atoms with Crippen molar-refractivity contribution < 1.29 is 19.7 Å². The van der Waals surface area contributed by atoms with Gasteiger partial charge in [-0.15, -0.1) is 0 Å². The van der Waals surface area contributed by atoms with E-state index in [0.717, 1.165) is 24.0 Å². The first-order chi connectivity index (χ1) is 11.2. The molecule has 2 N–H and O–H groups in total. The molecule has 4 heteroatoms. The summed E-state index contributed by atoms with van der Waals surface area (Å²) in [5.41, 5.74) is 2.20. The summed E-state index contributed by atoms with van der Waals surface area (Å²) in [6.45, 7) is 5.14. The van der Waals surface area contributed by atoms with E-state index in [1.54, 1.807) is 12.1 Å². The zero-order valence-electron chi connectivity index (χ0n) is 13.7. The molecule has 0 aliphatic heterocycles. The molecule has 0 radical (unpaired) electrons. The van der Waals surface area contributed by atoms with Gasteiger partial charge in [0.2, 0.25) is 0 Å². The van der Waals surface area contributed by atoms with Crippen LogP contribution in [0, 0.1) is 0 Å². The molecule has 0 spiro atoms. The fourth-order valence-electron chi connectivity index (χ4n) is 2.29. The smallest absolute Gasteiger partial charge is 0.168 e. The number of phenols is 1. The minimum absolute atomic E-state index is 0.0753. The first-order valence-corrected chi connectivity index (χ1v) is 8.03. The Hall–Kier alpha value is -2.20. The first kappa shape index (κ1) is 17.2. The molecule has 0 aromatic heterocycles. The summed E-state index contributed by atoms with van der Waals surface area (Å²) in [7, 11) is 0. The molecule has 0 saturated heterocycles. The third kappa shape index (κ3) is 4.17. The number of benzene rings is 2. The van der Waals surface area contributed by atoms with Gasteiger partial charge in [0, 0.05) is 11.1 Å². The summed E-state index contributed by atoms with van der Waals surface area (Å²) in [5.74, 6) is 1.48. The van der Waals surface area contributed by atoms with Crippen molar-refractivity contribution in [2.45, 2.75) is 33.3 Å². The van der Waals surface area contributed by atoms with Crippen LogP contribution in [0.25, 0.3) is 11.1 Å². The zero-order valence-corrected chi connectivity index (χ0v) is 13.7. The Bertz CT molecular complexity index is 637. The maximum Gasteiger partial charge on any atom is 0.168 e. The molecular formula is C19H24O4. The number of aliphatic hydroxyl groups is 1. The van der Waals surface area contributed by atoms with Gasteiger partial charge in [0.1, 0.15) is 5.75 Å². The molecule has 2 aromatic rings. The number of para-hydroxylation sites is 1. The second-order valence-corrected chi connectivity index (χ2v) is 5.33. The quantitative estimate of drug-likeness (QED) is 0.769. The van der Waals surface area contributed by atoms with Gasteiger partial charge < -0.3 is 19.7 Å². The van der Waals surface area contributed by atoms with Crippen molar-refractivity contribution in [3.63, 3.8) is 0 Å². The van der Waals surface area contributed by atoms with Crippen LogP contribution in [0.2, 0.25) is 0 Å². The second-order valence-electron chi connectivity index (χ2n) is 5.33. The minimum Gasteiger partial charge on any atom is -0.508 e. The number of hydrogen-bond acceptors (Lipinski definition) is 4. The zero-order chi connectivity index (χ0) is 16.7. The standard InChI is InChI=1S/C19H24O4/c1-3-10-22-18-7-5-6-16(19(18)23-11-4-2)14-8-9-15(13-20)17(21)12-14/h5-9,12,20-21H,3-4,10-11,13H2,1-2H3. The van der Waals surface area contributed by atoms with Crippen LogP contribution < -0.4 is 9.47 Å². The van der Waals surface area contributed by atoms with Gasteiger partial charge in [-0.25, -0.2) is 0 Å². The molecule has 23 heavy (non-hydrogen) atoms. The summed E-state index contributed by atoms with van der Waals surface area (Å²) in [6.07, 6.45) is 1.82. The maximum atomic E-state index is 10.00. The fourth-order valence-corrected chi connectivity index (χ4v) is 2.29. The van der Waals surface area contributed by atoms with Crippen LogP contribution in [-0.4, -0.2) is 23.4 Å². The van der Waals surface area contributed by atoms with Crippen LogP contribution in [0.15, 0.2) is 36.4 Å². The Morgan fingerprint density at radius 3 is 2.35 bits per heavy atom. The van der Waals surface area contributed by atoms with Gasteiger partial charge in [0.15, 0.2) is 11.5 Å². The highest BCUT2D eigenvalue weighted by molar-refractivity contribution is 5.75. The Morgan fingerprint density at radius 1 is 0.957 bits per heavy atom. The highest BCUT2D eigenvalue weighted by Crippen LogP contribution is 2.39. The van der Waals surface area contributed by atoms with Crippen molar-refractivity contribution in [3.8, 4) is 28.4 Å². The normalized spacial score (nSPS) is 10.6. The summed E-state index contributed by atoms with van der Waals surface area (Å²) in [5, 5.41) is 19.2. The van der Waals surface area contributed by atoms with Gasteiger partial charge >= 0.3 is 0 Å². The summed E-state index contributed by atoms with van der Waals surface area (Å²) < 4.78 is 11.7. The molecule has 0 atom stereocenters. The molecule has 0 aliphatic rings. The number of rotatable bonds is 8. The van der Waals surface area contributed by atoms with Crippen molar-refractivity contribution in [2.24, 2.45) is 0 Å². The Kier molecular flexibility index (Phi) is 6.29. The first-order valence-electron chi connectivity index (χ1n) is 8.03. The Balaban J connectivity index is 2.45. The predicted molar refractivity (Wildman–Crippen MR) is 91.0 cm³/mol. The van der Waals surface area contributed by atoms with E-state index in [1.165, 1.54) is 0 Å². The van der Waals surface area contributed by atoms with E-state index >= 15 is 0 Å². The van der Waals surface area contributed by atoms with Gasteiger partial charge in [-0.1, -0.05) is 38.1 Å². The van der Waals surface area contributed by atoms with Crippen LogP contribution in [0.4, 0.5) is 0 Å². The molecule has 0 fully saturated rings. The second kappa shape index (κ2) is 8.44. The fraction of sp³-hybridized carbons (Fsp3) is 0.368. The van der Waals surface area contributed by atoms with Crippen molar-refractivity contribution in [1.82, 2.24) is 0 Å². The molecule has 0 unspecified atom stereocenters. The lowest BCUT2D eigenvalue weighted by Crippen LogP contribution is -2.02. The van der Waals surface area contributed by atoms with Gasteiger partial charge in [-0.2, -0.15) is 0 Å². The van der Waals surface area contributed by atoms with Crippen molar-refractivity contribution in [2.75, 3.05) is 13.2 Å². The van der Waals surface area contributed by atoms with Crippen LogP contribution in [0.3, 0.4) is 0 Å². The maximum absolute atomic E-state index is 10.00. The summed E-state index contributed by atoms with van der Waals surface area (Å²) >= 11 is 0. The van der Waals surface area contributed by atoms with Crippen molar-refractivity contribution >= 4 is 0 Å². The van der Waals surface area contributed by atoms with Gasteiger partial charge in [-0.3, -0.25) is 0 Å². The van der Waals surface area contributed by atoms with E-state index in [-0.39, 0.29) is 12.4 Å². The molecular weight excluding hydrogens is 292 g/mol. The molecule has 124 valence electrons. The van der Waals surface area contributed by atoms with Crippen molar-refractivity contribution in [3.05, 3.63) is 42.0 Å². The van der Waals surface area contributed by atoms with E-state index in [4.69, 9.17) is 9.47 Å². The van der Waals surface area contributed by atoms with Crippen molar-refractivity contribution in [1.29, 1.82) is 0 Å². The highest BCUT2D eigenvalue weighted by atomic mass is 16.5. The summed E-state index contributed by atoms with van der Waals surface area (Å²) in [4.78, 5) is 0. The van der Waals surface area contributed by atoms with Crippen LogP contribution in [-0.2, 0) is 6.61 Å². The minimum atomic E-state index is -0.190. The largest absolute Gasteiger partial charge is 0.508 e. The number of aliphatic hydroxyl groups excluding tert-OH is 1. The average molecular weight is 316 g/mol. The molecule has 0 aliphatic carbocycles. The van der Waals surface area contributed by atoms with Crippen LogP contribution >= 0.6 is 0 Å². The molecule has 0 amide bonds. The number of aromatic hydroxyl groups is 1. The van der Waals surface area contributed by atoms with Crippen LogP contribution in [0.5, 0.6) is 17.2 Å². The molecule has 0 bridgehead atoms.